The summed E-state index contributed by atoms with van der Waals surface area (Å²) >= 11 is 0. The summed E-state index contributed by atoms with van der Waals surface area (Å²) in [6.45, 7) is 0.540. The smallest absolute Gasteiger partial charge is 0.246 e. The van der Waals surface area contributed by atoms with Crippen molar-refractivity contribution < 1.29 is 28.6 Å². The van der Waals surface area contributed by atoms with Crippen LogP contribution in [0.3, 0.4) is 0 Å². The molecule has 0 aromatic heterocycles. The lowest BCUT2D eigenvalue weighted by molar-refractivity contribution is -0.142. The van der Waals surface area contributed by atoms with Crippen molar-refractivity contribution in [1.29, 1.82) is 0 Å². The predicted molar refractivity (Wildman–Crippen MR) is 128 cm³/mol. The lowest BCUT2D eigenvalue weighted by Gasteiger charge is -2.34. The van der Waals surface area contributed by atoms with Crippen LogP contribution < -0.4 is 15.4 Å². The van der Waals surface area contributed by atoms with Gasteiger partial charge in [-0.15, -0.1) is 0 Å². The van der Waals surface area contributed by atoms with Crippen LogP contribution in [0, 0.1) is 11.8 Å². The first-order valence-corrected chi connectivity index (χ1v) is 12.4. The highest BCUT2D eigenvalue weighted by molar-refractivity contribution is 6.02. The number of rotatable bonds is 8. The maximum absolute atomic E-state index is 13.7. The molecule has 9 heteroatoms. The number of likely N-dealkylation sites (tertiary alicyclic amines) is 1. The molecule has 2 saturated heterocycles. The van der Waals surface area contributed by atoms with Gasteiger partial charge in [-0.1, -0.05) is 37.5 Å². The first-order valence-electron chi connectivity index (χ1n) is 12.4. The van der Waals surface area contributed by atoms with Crippen LogP contribution >= 0.6 is 0 Å². The summed E-state index contributed by atoms with van der Waals surface area (Å²) in [6, 6.07) is 6.32. The summed E-state index contributed by atoms with van der Waals surface area (Å²) in [6.07, 6.45) is 8.30. The Labute approximate surface area is 205 Å². The number of fused-ring (bicyclic) bond motifs is 1. The molecule has 2 bridgehead atoms. The summed E-state index contributed by atoms with van der Waals surface area (Å²) < 4.78 is 16.8. The van der Waals surface area contributed by atoms with Crippen molar-refractivity contribution in [2.24, 2.45) is 11.8 Å². The maximum Gasteiger partial charge on any atom is 0.246 e. The average Bonchev–Trinajstić information content (AvgIpc) is 3.50. The second kappa shape index (κ2) is 9.62. The van der Waals surface area contributed by atoms with E-state index < -0.39 is 29.6 Å². The zero-order valence-electron chi connectivity index (χ0n) is 20.2. The Morgan fingerprint density at radius 3 is 2.71 bits per heavy atom. The summed E-state index contributed by atoms with van der Waals surface area (Å²) in [5.41, 5.74) is -0.589. The maximum atomic E-state index is 13.7. The molecule has 1 spiro atoms. The fourth-order valence-corrected chi connectivity index (χ4v) is 6.15. The van der Waals surface area contributed by atoms with Gasteiger partial charge in [-0.3, -0.25) is 14.4 Å². The first-order chi connectivity index (χ1) is 17.0. The van der Waals surface area contributed by atoms with Crippen LogP contribution in [0.1, 0.15) is 32.1 Å². The minimum atomic E-state index is -1.16. The zero-order chi connectivity index (χ0) is 24.6. The van der Waals surface area contributed by atoms with Gasteiger partial charge in [0.2, 0.25) is 17.7 Å². The van der Waals surface area contributed by atoms with Crippen molar-refractivity contribution >= 4 is 23.4 Å². The lowest BCUT2D eigenvalue weighted by Crippen LogP contribution is -2.57. The highest BCUT2D eigenvalue weighted by Gasteiger charge is 2.72. The standard InChI is InChI=1S/C26H33N3O6/c1-33-14-13-29-22(24(31)27-16-7-4-3-5-8-16)26-12-11-19(35-26)20(21(26)25(29)32)23(30)28-17-9-6-10-18(15-17)34-2/h6,9-12,15-16,19-22H,3-5,7-8,13-14H2,1-2H3,(H,27,31)(H,28,30)/t19-,20-,21-,22+,26+/m1/s1. The van der Waals surface area contributed by atoms with Crippen LogP contribution in [-0.2, 0) is 23.9 Å². The number of hydrogen-bond acceptors (Lipinski definition) is 6. The van der Waals surface area contributed by atoms with E-state index in [1.165, 1.54) is 6.42 Å². The van der Waals surface area contributed by atoms with Crippen molar-refractivity contribution in [3.05, 3.63) is 36.4 Å². The Hall–Kier alpha value is -2.91. The SMILES string of the molecule is COCCN1C(=O)[C@H]2[C@H](C(=O)Nc3cccc(OC)c3)[C@H]3C=C[C@@]2(O3)[C@@H]1C(=O)NC1CCCCC1. The van der Waals surface area contributed by atoms with Gasteiger partial charge in [-0.05, 0) is 25.0 Å². The number of nitrogens with one attached hydrogen (secondary N) is 2. The number of nitrogens with zero attached hydrogens (tertiary/aromatic N) is 1. The lowest BCUT2D eigenvalue weighted by atomic mass is 9.74. The molecule has 1 aromatic carbocycles. The first kappa shape index (κ1) is 23.8. The minimum absolute atomic E-state index is 0.0980. The van der Waals surface area contributed by atoms with Gasteiger partial charge in [0, 0.05) is 31.5 Å². The molecule has 3 fully saturated rings. The molecule has 1 aromatic rings. The molecule has 35 heavy (non-hydrogen) atoms. The number of methoxy groups -OCH3 is 2. The van der Waals surface area contributed by atoms with Crippen molar-refractivity contribution in [3.63, 3.8) is 0 Å². The van der Waals surface area contributed by atoms with E-state index in [4.69, 9.17) is 14.2 Å². The van der Waals surface area contributed by atoms with E-state index in [0.29, 0.717) is 11.4 Å². The average molecular weight is 484 g/mol. The number of benzene rings is 1. The van der Waals surface area contributed by atoms with Crippen LogP contribution in [0.15, 0.2) is 36.4 Å². The van der Waals surface area contributed by atoms with Crippen LogP contribution in [0.2, 0.25) is 0 Å². The van der Waals surface area contributed by atoms with Crippen LogP contribution in [-0.4, -0.2) is 73.8 Å². The number of hydrogen-bond donors (Lipinski definition) is 2. The largest absolute Gasteiger partial charge is 0.497 e. The number of carbonyl (C=O) groups excluding carboxylic acids is 3. The monoisotopic (exact) mass is 483 g/mol. The fraction of sp³-hybridized carbons (Fsp3) is 0.577. The van der Waals surface area contributed by atoms with E-state index >= 15 is 0 Å². The van der Waals surface area contributed by atoms with Gasteiger partial charge in [0.15, 0.2) is 0 Å². The Kier molecular flexibility index (Phi) is 6.55. The fourth-order valence-electron chi connectivity index (χ4n) is 6.15. The molecule has 188 valence electrons. The van der Waals surface area contributed by atoms with Crippen LogP contribution in [0.25, 0.3) is 0 Å². The molecule has 4 aliphatic rings. The predicted octanol–water partition coefficient (Wildman–Crippen LogP) is 1.88. The minimum Gasteiger partial charge on any atom is -0.497 e. The molecule has 3 amide bonds. The summed E-state index contributed by atoms with van der Waals surface area (Å²) in [5.74, 6) is -1.68. The number of anilines is 1. The molecule has 3 aliphatic heterocycles. The quantitative estimate of drug-likeness (QED) is 0.547. The van der Waals surface area contributed by atoms with E-state index in [2.05, 4.69) is 10.6 Å². The van der Waals surface area contributed by atoms with Gasteiger partial charge in [0.05, 0.1) is 31.7 Å². The van der Waals surface area contributed by atoms with Gasteiger partial charge >= 0.3 is 0 Å². The second-order valence-corrected chi connectivity index (χ2v) is 9.79. The molecule has 9 nitrogen and oxygen atoms in total. The van der Waals surface area contributed by atoms with E-state index in [-0.39, 0.29) is 36.9 Å². The summed E-state index contributed by atoms with van der Waals surface area (Å²) in [7, 11) is 3.12. The highest BCUT2D eigenvalue weighted by atomic mass is 16.5. The Morgan fingerprint density at radius 1 is 1.17 bits per heavy atom. The number of carbonyl (C=O) groups is 3. The van der Waals surface area contributed by atoms with Gasteiger partial charge < -0.3 is 29.7 Å². The molecule has 1 aliphatic carbocycles. The van der Waals surface area contributed by atoms with Gasteiger partial charge in [-0.2, -0.15) is 0 Å². The molecular formula is C26H33N3O6. The molecule has 2 N–H and O–H groups in total. The van der Waals surface area contributed by atoms with Crippen molar-refractivity contribution in [3.8, 4) is 5.75 Å². The summed E-state index contributed by atoms with van der Waals surface area (Å²) in [4.78, 5) is 42.3. The van der Waals surface area contributed by atoms with E-state index in [0.717, 1.165) is 25.7 Å². The van der Waals surface area contributed by atoms with Crippen molar-refractivity contribution in [2.45, 2.75) is 55.9 Å². The van der Waals surface area contributed by atoms with Crippen molar-refractivity contribution in [2.75, 3.05) is 32.7 Å². The highest BCUT2D eigenvalue weighted by Crippen LogP contribution is 2.55. The molecular weight excluding hydrogens is 450 g/mol. The molecule has 3 heterocycles. The van der Waals surface area contributed by atoms with Gasteiger partial charge in [0.25, 0.3) is 0 Å². The number of amides is 3. The van der Waals surface area contributed by atoms with Crippen LogP contribution in [0.5, 0.6) is 5.75 Å². The zero-order valence-corrected chi connectivity index (χ0v) is 20.2. The normalized spacial score (nSPS) is 31.5. The van der Waals surface area contributed by atoms with Crippen LogP contribution in [0.4, 0.5) is 5.69 Å². The Balaban J connectivity index is 1.41. The third-order valence-corrected chi connectivity index (χ3v) is 7.75. The molecule has 1 saturated carbocycles. The van der Waals surface area contributed by atoms with Crippen molar-refractivity contribution in [1.82, 2.24) is 10.2 Å². The molecule has 5 rings (SSSR count). The second-order valence-electron chi connectivity index (χ2n) is 9.79. The van der Waals surface area contributed by atoms with E-state index in [9.17, 15) is 14.4 Å². The molecule has 0 radical (unpaired) electrons. The third kappa shape index (κ3) is 4.10. The summed E-state index contributed by atoms with van der Waals surface area (Å²) in [5, 5.41) is 6.08. The topological polar surface area (TPSA) is 106 Å². The van der Waals surface area contributed by atoms with Gasteiger partial charge in [-0.25, -0.2) is 0 Å². The molecule has 0 unspecified atom stereocenters. The van der Waals surface area contributed by atoms with E-state index in [1.807, 2.05) is 12.2 Å². The third-order valence-electron chi connectivity index (χ3n) is 7.75. The van der Waals surface area contributed by atoms with E-state index in [1.54, 1.807) is 43.4 Å². The Morgan fingerprint density at radius 2 is 1.97 bits per heavy atom. The molecule has 5 atom stereocenters. The Bertz CT molecular complexity index is 1020. The van der Waals surface area contributed by atoms with Gasteiger partial charge in [0.1, 0.15) is 17.4 Å². The number of ether oxygens (including phenoxy) is 3.